The van der Waals surface area contributed by atoms with E-state index >= 15 is 0 Å². The van der Waals surface area contributed by atoms with Gasteiger partial charge in [-0.25, -0.2) is 0 Å². The normalized spacial score (nSPS) is 12.0. The molecule has 5 heteroatoms. The fraction of sp³-hybridized carbons (Fsp3) is 1.00. The Hall–Kier alpha value is 1.65. The molecule has 0 saturated heterocycles. The van der Waals surface area contributed by atoms with Gasteiger partial charge in [0.1, 0.15) is 0 Å². The van der Waals surface area contributed by atoms with Gasteiger partial charge in [-0.15, -0.1) is 0 Å². The van der Waals surface area contributed by atoms with Crippen LogP contribution in [0.25, 0.3) is 0 Å². The van der Waals surface area contributed by atoms with E-state index in [1.807, 2.05) is 44.1 Å². The molecule has 0 heterocycles. The van der Waals surface area contributed by atoms with Gasteiger partial charge in [0, 0.05) is 44.1 Å². The second-order valence-corrected chi connectivity index (χ2v) is 20.1. The van der Waals surface area contributed by atoms with E-state index < -0.39 is 2.65 Å². The smallest absolute Gasteiger partial charge is 0.315 e. The Morgan fingerprint density at radius 1 is 0.667 bits per heavy atom. The minimum atomic E-state index is -2.31. The molecular formula is C16H33I2O2P. The lowest BCUT2D eigenvalue weighted by atomic mass is 10.0. The van der Waals surface area contributed by atoms with Gasteiger partial charge in [-0.3, -0.25) is 4.57 Å². The molecule has 0 rings (SSSR count). The van der Waals surface area contributed by atoms with Crippen molar-refractivity contribution in [2.24, 2.45) is 0 Å². The van der Waals surface area contributed by atoms with E-state index in [9.17, 15) is 4.57 Å². The molecule has 21 heavy (non-hydrogen) atoms. The number of rotatable bonds is 16. The molecule has 0 spiro atoms. The summed E-state index contributed by atoms with van der Waals surface area (Å²) in [5.41, 5.74) is 0. The van der Waals surface area contributed by atoms with Crippen LogP contribution in [0.5, 0.6) is 0 Å². The van der Waals surface area contributed by atoms with Gasteiger partial charge < -0.3 is 4.52 Å². The summed E-state index contributed by atoms with van der Waals surface area (Å²) in [4.78, 5) is 0. The third-order valence-corrected chi connectivity index (χ3v) is 5.89. The van der Waals surface area contributed by atoms with Crippen LogP contribution in [0.3, 0.4) is 0 Å². The van der Waals surface area contributed by atoms with Gasteiger partial charge in [-0.05, 0) is 6.42 Å². The predicted octanol–water partition coefficient (Wildman–Crippen LogP) is 8.46. The first-order chi connectivity index (χ1) is 10.1. The van der Waals surface area contributed by atoms with E-state index in [0.29, 0.717) is 6.61 Å². The third-order valence-electron chi connectivity index (χ3n) is 3.74. The molecule has 0 radical (unpaired) electrons. The first kappa shape index (κ1) is 22.6. The zero-order valence-electron chi connectivity index (χ0n) is 13.6. The SMILES string of the molecule is CCCCCCCCCCCCCCCCOP(=O)(I)I. The van der Waals surface area contributed by atoms with Gasteiger partial charge in [-0.2, -0.15) is 0 Å². The van der Waals surface area contributed by atoms with Crippen molar-refractivity contribution in [3.63, 3.8) is 0 Å². The van der Waals surface area contributed by atoms with E-state index in [1.165, 1.54) is 83.5 Å². The molecule has 0 fully saturated rings. The monoisotopic (exact) mass is 542 g/mol. The molecule has 0 atom stereocenters. The van der Waals surface area contributed by atoms with Gasteiger partial charge in [0.25, 0.3) is 0 Å². The Balaban J connectivity index is 3.01. The molecule has 0 bridgehead atoms. The zero-order chi connectivity index (χ0) is 15.8. The third kappa shape index (κ3) is 21.6. The molecule has 0 N–H and O–H groups in total. The number of halogens is 2. The molecule has 2 nitrogen and oxygen atoms in total. The van der Waals surface area contributed by atoms with Crippen LogP contribution >= 0.6 is 46.7 Å². The molecule has 0 aliphatic heterocycles. The van der Waals surface area contributed by atoms with Crippen LogP contribution < -0.4 is 0 Å². The highest BCUT2D eigenvalue weighted by molar-refractivity contribution is 14.3. The summed E-state index contributed by atoms with van der Waals surface area (Å²) in [5, 5.41) is 0. The van der Waals surface area contributed by atoms with Crippen molar-refractivity contribution in [3.8, 4) is 0 Å². The number of unbranched alkanes of at least 4 members (excludes halogenated alkanes) is 13. The van der Waals surface area contributed by atoms with Crippen molar-refractivity contribution in [2.75, 3.05) is 6.61 Å². The maximum Gasteiger partial charge on any atom is 0.315 e. The summed E-state index contributed by atoms with van der Waals surface area (Å²) in [7, 11) is 0. The van der Waals surface area contributed by atoms with Crippen molar-refractivity contribution in [1.82, 2.24) is 0 Å². The van der Waals surface area contributed by atoms with E-state index in [-0.39, 0.29) is 0 Å². The van der Waals surface area contributed by atoms with Crippen molar-refractivity contribution in [1.29, 1.82) is 0 Å². The fourth-order valence-corrected chi connectivity index (χ4v) is 3.99. The van der Waals surface area contributed by atoms with Crippen LogP contribution in [0.1, 0.15) is 96.8 Å². The van der Waals surface area contributed by atoms with Crippen LogP contribution in [0.2, 0.25) is 0 Å². The summed E-state index contributed by atoms with van der Waals surface area (Å²) in [5.74, 6) is 0. The quantitative estimate of drug-likeness (QED) is 0.111. The molecule has 0 aromatic heterocycles. The molecule has 0 amide bonds. The minimum absolute atomic E-state index is 0.654. The fourth-order valence-electron chi connectivity index (χ4n) is 2.47. The van der Waals surface area contributed by atoms with E-state index in [4.69, 9.17) is 4.52 Å². The Morgan fingerprint density at radius 2 is 1.00 bits per heavy atom. The van der Waals surface area contributed by atoms with E-state index in [2.05, 4.69) is 6.92 Å². The Labute approximate surface area is 158 Å². The molecule has 0 aliphatic rings. The van der Waals surface area contributed by atoms with Gasteiger partial charge in [0.05, 0.1) is 6.61 Å². The van der Waals surface area contributed by atoms with Crippen molar-refractivity contribution in [3.05, 3.63) is 0 Å². The predicted molar refractivity (Wildman–Crippen MR) is 112 cm³/mol. The van der Waals surface area contributed by atoms with E-state index in [0.717, 1.165) is 6.42 Å². The molecule has 0 aromatic carbocycles. The van der Waals surface area contributed by atoms with Crippen LogP contribution in [0.4, 0.5) is 0 Å². The molecule has 0 aromatic rings. The first-order valence-electron chi connectivity index (χ1n) is 8.70. The average molecular weight is 542 g/mol. The highest BCUT2D eigenvalue weighted by Crippen LogP contribution is 2.63. The first-order valence-corrected chi connectivity index (χ1v) is 15.9. The summed E-state index contributed by atoms with van der Waals surface area (Å²) in [6.07, 6.45) is 19.1. The van der Waals surface area contributed by atoms with Crippen LogP contribution in [0.15, 0.2) is 0 Å². The Kier molecular flexibility index (Phi) is 17.8. The molecule has 0 aliphatic carbocycles. The minimum Gasteiger partial charge on any atom is -0.315 e. The van der Waals surface area contributed by atoms with Crippen LogP contribution in [-0.4, -0.2) is 6.61 Å². The van der Waals surface area contributed by atoms with Gasteiger partial charge in [0.2, 0.25) is 0 Å². The molecule has 128 valence electrons. The summed E-state index contributed by atoms with van der Waals surface area (Å²) < 4.78 is 14.3. The van der Waals surface area contributed by atoms with Crippen molar-refractivity contribution >= 4 is 46.7 Å². The largest absolute Gasteiger partial charge is 0.315 e. The lowest BCUT2D eigenvalue weighted by Crippen LogP contribution is -1.88. The second-order valence-electron chi connectivity index (χ2n) is 5.84. The van der Waals surface area contributed by atoms with Crippen LogP contribution in [-0.2, 0) is 9.09 Å². The second kappa shape index (κ2) is 16.5. The maximum absolute atomic E-state index is 11.3. The average Bonchev–Trinajstić information content (AvgIpc) is 2.42. The number of hydrogen-bond donors (Lipinski definition) is 0. The topological polar surface area (TPSA) is 26.3 Å². The van der Waals surface area contributed by atoms with E-state index in [1.54, 1.807) is 0 Å². The zero-order valence-corrected chi connectivity index (χ0v) is 18.8. The lowest BCUT2D eigenvalue weighted by Gasteiger charge is -2.05. The van der Waals surface area contributed by atoms with Crippen molar-refractivity contribution < 1.29 is 9.09 Å². The molecule has 0 unspecified atom stereocenters. The standard InChI is InChI=1S/C16H33I2O2P/c1-2-3-4-5-6-7-8-9-10-11-12-13-14-15-16-20-21(17,18)19/h2-16H2,1H3. The summed E-state index contributed by atoms with van der Waals surface area (Å²) >= 11 is 3.79. The highest BCUT2D eigenvalue weighted by atomic mass is 127. The van der Waals surface area contributed by atoms with Gasteiger partial charge >= 0.3 is 2.65 Å². The van der Waals surface area contributed by atoms with Gasteiger partial charge in [-0.1, -0.05) is 90.4 Å². The molecular weight excluding hydrogens is 509 g/mol. The lowest BCUT2D eigenvalue weighted by molar-refractivity contribution is 0.325. The summed E-state index contributed by atoms with van der Waals surface area (Å²) in [6.45, 7) is 2.93. The Bertz CT molecular complexity index is 257. The maximum atomic E-state index is 11.3. The van der Waals surface area contributed by atoms with Gasteiger partial charge in [0.15, 0.2) is 0 Å². The Morgan fingerprint density at radius 3 is 1.33 bits per heavy atom. The van der Waals surface area contributed by atoms with Crippen molar-refractivity contribution in [2.45, 2.75) is 96.8 Å². The van der Waals surface area contributed by atoms with Crippen LogP contribution in [0, 0.1) is 0 Å². The summed E-state index contributed by atoms with van der Waals surface area (Å²) in [6, 6.07) is 0. The molecule has 0 saturated carbocycles. The number of hydrogen-bond acceptors (Lipinski definition) is 2. The highest BCUT2D eigenvalue weighted by Gasteiger charge is 2.10.